The van der Waals surface area contributed by atoms with Crippen molar-refractivity contribution in [1.29, 1.82) is 0 Å². The van der Waals surface area contributed by atoms with Crippen LogP contribution in [0.3, 0.4) is 0 Å². The molecule has 0 radical (unpaired) electrons. The lowest BCUT2D eigenvalue weighted by Gasteiger charge is -2.03. The Hall–Kier alpha value is 0.0200. The molecule has 4 nitrogen and oxygen atoms in total. The van der Waals surface area contributed by atoms with Gasteiger partial charge in [-0.3, -0.25) is 0 Å². The van der Waals surface area contributed by atoms with Crippen LogP contribution in [0.15, 0.2) is 16.9 Å². The molecule has 0 unspecified atom stereocenters. The van der Waals surface area contributed by atoms with Gasteiger partial charge in [0.05, 0.1) is 4.47 Å². The van der Waals surface area contributed by atoms with E-state index in [9.17, 15) is 0 Å². The molecule has 0 saturated carbocycles. The van der Waals surface area contributed by atoms with Gasteiger partial charge in [-0.1, -0.05) is 21.6 Å². The summed E-state index contributed by atoms with van der Waals surface area (Å²) in [4.78, 5) is 8.21. The van der Waals surface area contributed by atoms with Crippen LogP contribution in [0.2, 0.25) is 0 Å². The third kappa shape index (κ3) is 6.24. The van der Waals surface area contributed by atoms with E-state index in [1.165, 1.54) is 0 Å². The summed E-state index contributed by atoms with van der Waals surface area (Å²) in [7, 11) is 3.60. The largest absolute Gasteiger partial charge is 0.353 e. The highest BCUT2D eigenvalue weighted by Gasteiger charge is 1.95. The number of nitrogens with zero attached hydrogens (tertiary/aromatic N) is 2. The topological polar surface area (TPSA) is 63.8 Å². The Labute approximate surface area is 106 Å². The average Bonchev–Trinajstić information content (AvgIpc) is 2.26. The number of hydrogen-bond acceptors (Lipinski definition) is 6. The summed E-state index contributed by atoms with van der Waals surface area (Å²) in [6.45, 7) is 1.60. The highest BCUT2D eigenvalue weighted by Crippen LogP contribution is 2.19. The maximum absolute atomic E-state index is 5.37. The maximum atomic E-state index is 5.37. The third-order valence-corrected chi connectivity index (χ3v) is 4.22. The van der Waals surface area contributed by atoms with Gasteiger partial charge < -0.3 is 11.1 Å². The molecule has 3 N–H and O–H groups in total. The van der Waals surface area contributed by atoms with E-state index < -0.39 is 0 Å². The highest BCUT2D eigenvalue weighted by atomic mass is 79.9. The lowest BCUT2D eigenvalue weighted by atomic mass is 10.6. The molecule has 0 spiro atoms. The molecule has 1 heterocycles. The van der Waals surface area contributed by atoms with Crippen molar-refractivity contribution in [2.24, 2.45) is 5.73 Å². The first-order chi connectivity index (χ1) is 7.33. The van der Waals surface area contributed by atoms with Crippen LogP contribution >= 0.6 is 37.5 Å². The van der Waals surface area contributed by atoms with Crippen LogP contribution in [0.25, 0.3) is 0 Å². The van der Waals surface area contributed by atoms with Gasteiger partial charge in [0.2, 0.25) is 5.95 Å². The fourth-order valence-electron chi connectivity index (χ4n) is 0.774. The lowest BCUT2D eigenvalue weighted by molar-refractivity contribution is 1.08. The van der Waals surface area contributed by atoms with Gasteiger partial charge in [0.25, 0.3) is 0 Å². The molecule has 0 fully saturated rings. The van der Waals surface area contributed by atoms with E-state index >= 15 is 0 Å². The molecule has 0 aromatic carbocycles. The molecular weight excluding hydrogens is 296 g/mol. The normalized spacial score (nSPS) is 10.3. The predicted octanol–water partition coefficient (Wildman–Crippen LogP) is 1.99. The number of nitrogens with two attached hydrogens (primary N) is 1. The first-order valence-electron chi connectivity index (χ1n) is 4.49. The van der Waals surface area contributed by atoms with Gasteiger partial charge in [-0.25, -0.2) is 9.97 Å². The van der Waals surface area contributed by atoms with Crippen molar-refractivity contribution in [1.82, 2.24) is 9.97 Å². The van der Waals surface area contributed by atoms with Crippen LogP contribution in [0.1, 0.15) is 0 Å². The fourth-order valence-corrected chi connectivity index (χ4v) is 2.74. The second-order valence-corrected chi connectivity index (χ2v) is 6.20. The Kier molecular flexibility index (Phi) is 7.16. The first-order valence-corrected chi connectivity index (χ1v) is 7.77. The second-order valence-electron chi connectivity index (χ2n) is 2.58. The fraction of sp³-hybridized carbons (Fsp3) is 0.500. The standard InChI is InChI=1S/C8H13BrN4S2/c9-7-5-12-8(13-6-7)11-2-4-15-14-3-1-10/h5-6H,1-4,10H2,(H,11,12,13). The molecule has 84 valence electrons. The molecule has 0 amide bonds. The van der Waals surface area contributed by atoms with Gasteiger partial charge in [-0.05, 0) is 15.9 Å². The van der Waals surface area contributed by atoms with Crippen molar-refractivity contribution in [2.75, 3.05) is 29.9 Å². The molecule has 1 rings (SSSR count). The average molecular weight is 309 g/mol. The summed E-state index contributed by atoms with van der Waals surface area (Å²) in [6.07, 6.45) is 3.46. The van der Waals surface area contributed by atoms with Gasteiger partial charge >= 0.3 is 0 Å². The van der Waals surface area contributed by atoms with Gasteiger partial charge in [0.15, 0.2) is 0 Å². The van der Waals surface area contributed by atoms with Gasteiger partial charge in [-0.15, -0.1) is 0 Å². The maximum Gasteiger partial charge on any atom is 0.222 e. The Bertz CT molecular complexity index is 270. The quantitative estimate of drug-likeness (QED) is 0.593. The van der Waals surface area contributed by atoms with Crippen LogP contribution in [0.5, 0.6) is 0 Å². The van der Waals surface area contributed by atoms with E-state index in [1.54, 1.807) is 23.2 Å². The zero-order valence-corrected chi connectivity index (χ0v) is 11.4. The van der Waals surface area contributed by atoms with Crippen molar-refractivity contribution in [2.45, 2.75) is 0 Å². The van der Waals surface area contributed by atoms with Crippen molar-refractivity contribution in [3.05, 3.63) is 16.9 Å². The third-order valence-electron chi connectivity index (χ3n) is 1.37. The van der Waals surface area contributed by atoms with Crippen LogP contribution < -0.4 is 11.1 Å². The summed E-state index contributed by atoms with van der Waals surface area (Å²) in [6, 6.07) is 0. The zero-order valence-electron chi connectivity index (χ0n) is 8.15. The summed E-state index contributed by atoms with van der Waals surface area (Å²) in [5, 5.41) is 3.14. The molecule has 7 heteroatoms. The lowest BCUT2D eigenvalue weighted by Crippen LogP contribution is -2.07. The minimum Gasteiger partial charge on any atom is -0.353 e. The van der Waals surface area contributed by atoms with Gasteiger partial charge in [0.1, 0.15) is 0 Å². The van der Waals surface area contributed by atoms with E-state index in [0.717, 1.165) is 29.1 Å². The number of halogens is 1. The van der Waals surface area contributed by atoms with Crippen LogP contribution in [0.4, 0.5) is 5.95 Å². The SMILES string of the molecule is NCCSSCCNc1ncc(Br)cn1. The molecule has 1 aromatic heterocycles. The van der Waals surface area contributed by atoms with Crippen molar-refractivity contribution in [3.63, 3.8) is 0 Å². The molecule has 0 aliphatic rings. The van der Waals surface area contributed by atoms with Crippen molar-refractivity contribution in [3.8, 4) is 0 Å². The van der Waals surface area contributed by atoms with Crippen molar-refractivity contribution < 1.29 is 0 Å². The Morgan fingerprint density at radius 3 is 2.60 bits per heavy atom. The number of hydrogen-bond donors (Lipinski definition) is 2. The van der Waals surface area contributed by atoms with E-state index in [4.69, 9.17) is 5.73 Å². The van der Waals surface area contributed by atoms with Crippen molar-refractivity contribution >= 4 is 43.5 Å². The molecular formula is C8H13BrN4S2. The van der Waals surface area contributed by atoms with Gasteiger partial charge in [-0.2, -0.15) is 0 Å². The smallest absolute Gasteiger partial charge is 0.222 e. The molecule has 0 bridgehead atoms. The van der Waals surface area contributed by atoms with E-state index in [2.05, 4.69) is 31.2 Å². The molecule has 1 aromatic rings. The van der Waals surface area contributed by atoms with Crippen LogP contribution in [0, 0.1) is 0 Å². The molecule has 0 aliphatic carbocycles. The summed E-state index contributed by atoms with van der Waals surface area (Å²) in [5.41, 5.74) is 5.37. The van der Waals surface area contributed by atoms with Crippen LogP contribution in [-0.2, 0) is 0 Å². The summed E-state index contributed by atoms with van der Waals surface area (Å²) >= 11 is 3.28. The highest BCUT2D eigenvalue weighted by molar-refractivity contribution is 9.10. The monoisotopic (exact) mass is 308 g/mol. The minimum absolute atomic E-state index is 0.669. The molecule has 15 heavy (non-hydrogen) atoms. The Morgan fingerprint density at radius 1 is 1.27 bits per heavy atom. The minimum atomic E-state index is 0.669. The molecule has 0 aliphatic heterocycles. The molecule has 0 atom stereocenters. The summed E-state index contributed by atoms with van der Waals surface area (Å²) < 4.78 is 0.890. The van der Waals surface area contributed by atoms with E-state index in [1.807, 2.05) is 10.8 Å². The number of nitrogens with one attached hydrogen (secondary N) is 1. The first kappa shape index (κ1) is 13.1. The van der Waals surface area contributed by atoms with E-state index in [0.29, 0.717) is 5.95 Å². The van der Waals surface area contributed by atoms with E-state index in [-0.39, 0.29) is 0 Å². The Balaban J connectivity index is 2.07. The predicted molar refractivity (Wildman–Crippen MR) is 72.2 cm³/mol. The number of aromatic nitrogens is 2. The Morgan fingerprint density at radius 2 is 1.93 bits per heavy atom. The van der Waals surface area contributed by atoms with Crippen LogP contribution in [-0.4, -0.2) is 34.6 Å². The van der Waals surface area contributed by atoms with Gasteiger partial charge in [0, 0.05) is 37.0 Å². The zero-order chi connectivity index (χ0) is 10.9. The summed E-state index contributed by atoms with van der Waals surface area (Å²) in [5.74, 6) is 2.69. The number of rotatable bonds is 7. The second kappa shape index (κ2) is 8.20. The molecule has 0 saturated heterocycles. The number of anilines is 1.